The third-order valence-corrected chi connectivity index (χ3v) is 5.00. The van der Waals surface area contributed by atoms with Gasteiger partial charge >= 0.3 is 5.69 Å². The highest BCUT2D eigenvalue weighted by Gasteiger charge is 2.21. The van der Waals surface area contributed by atoms with E-state index < -0.39 is 0 Å². The van der Waals surface area contributed by atoms with Crippen molar-refractivity contribution in [2.24, 2.45) is 0 Å². The van der Waals surface area contributed by atoms with E-state index >= 15 is 0 Å². The number of nitrogens with zero attached hydrogens (tertiary/aromatic N) is 3. The number of carbonyl (C=O) groups excluding carboxylic acids is 1. The van der Waals surface area contributed by atoms with Crippen LogP contribution in [0.15, 0.2) is 72.0 Å². The highest BCUT2D eigenvalue weighted by molar-refractivity contribution is 7.71. The Bertz CT molecular complexity index is 1130. The number of rotatable bonds is 6. The first-order valence-corrected chi connectivity index (χ1v) is 9.57. The second kappa shape index (κ2) is 8.35. The molecule has 0 radical (unpaired) electrons. The molecule has 0 aliphatic rings. The van der Waals surface area contributed by atoms with Crippen LogP contribution >= 0.6 is 12.2 Å². The zero-order valence-electron chi connectivity index (χ0n) is 16.0. The van der Waals surface area contributed by atoms with Crippen LogP contribution in [0.3, 0.4) is 0 Å². The first kappa shape index (κ1) is 19.8. The summed E-state index contributed by atoms with van der Waals surface area (Å²) in [6.07, 6.45) is 1.66. The van der Waals surface area contributed by atoms with Crippen LogP contribution in [0.25, 0.3) is 10.9 Å². The molecule has 0 N–H and O–H groups in total. The van der Waals surface area contributed by atoms with Gasteiger partial charge in [-0.1, -0.05) is 48.6 Å². The second-order valence-corrected chi connectivity index (χ2v) is 7.17. The van der Waals surface area contributed by atoms with Gasteiger partial charge in [0.1, 0.15) is 11.2 Å². The van der Waals surface area contributed by atoms with Gasteiger partial charge in [0.15, 0.2) is 0 Å². The SMILES string of the molecule is C=CCn1c(=O)n(CC(=O)N(c2ccccc2)C(C)C)c(=S)c2ccccc21. The molecule has 1 aromatic heterocycles. The number of anilines is 1. The molecule has 3 aromatic rings. The Balaban J connectivity index is 2.11. The molecule has 0 aliphatic carbocycles. The van der Waals surface area contributed by atoms with Crippen molar-refractivity contribution in [2.75, 3.05) is 4.90 Å². The quantitative estimate of drug-likeness (QED) is 0.467. The Morgan fingerprint density at radius 2 is 1.75 bits per heavy atom. The van der Waals surface area contributed by atoms with Crippen molar-refractivity contribution in [2.45, 2.75) is 33.0 Å². The number of allylic oxidation sites excluding steroid dienone is 1. The molecule has 28 heavy (non-hydrogen) atoms. The first-order valence-electron chi connectivity index (χ1n) is 9.16. The number of para-hydroxylation sites is 2. The molecule has 0 saturated carbocycles. The number of benzene rings is 2. The van der Waals surface area contributed by atoms with E-state index in [0.29, 0.717) is 11.2 Å². The zero-order valence-corrected chi connectivity index (χ0v) is 16.9. The smallest absolute Gasteiger partial charge is 0.308 e. The fourth-order valence-electron chi connectivity index (χ4n) is 3.35. The van der Waals surface area contributed by atoms with Gasteiger partial charge in [-0.25, -0.2) is 4.79 Å². The minimum atomic E-state index is -0.311. The van der Waals surface area contributed by atoms with Gasteiger partial charge in [-0.15, -0.1) is 6.58 Å². The number of fused-ring (bicyclic) bond motifs is 1. The molecule has 0 atom stereocenters. The average molecular weight is 394 g/mol. The summed E-state index contributed by atoms with van der Waals surface area (Å²) in [4.78, 5) is 27.9. The number of aromatic nitrogens is 2. The van der Waals surface area contributed by atoms with Crippen molar-refractivity contribution < 1.29 is 4.79 Å². The third-order valence-electron chi connectivity index (χ3n) is 4.56. The first-order chi connectivity index (χ1) is 13.5. The van der Waals surface area contributed by atoms with Crippen molar-refractivity contribution in [3.8, 4) is 0 Å². The Labute approximate surface area is 169 Å². The monoisotopic (exact) mass is 393 g/mol. The summed E-state index contributed by atoms with van der Waals surface area (Å²) in [6, 6.07) is 16.8. The zero-order chi connectivity index (χ0) is 20.3. The lowest BCUT2D eigenvalue weighted by Gasteiger charge is -2.27. The van der Waals surface area contributed by atoms with Crippen LogP contribution < -0.4 is 10.6 Å². The summed E-state index contributed by atoms with van der Waals surface area (Å²) < 4.78 is 3.33. The van der Waals surface area contributed by atoms with Gasteiger partial charge in [0.2, 0.25) is 5.91 Å². The van der Waals surface area contributed by atoms with E-state index in [1.54, 1.807) is 15.5 Å². The average Bonchev–Trinajstić information content (AvgIpc) is 2.69. The summed E-state index contributed by atoms with van der Waals surface area (Å²) >= 11 is 5.57. The molecule has 1 amide bonds. The van der Waals surface area contributed by atoms with Crippen molar-refractivity contribution >= 4 is 34.7 Å². The maximum Gasteiger partial charge on any atom is 0.330 e. The normalized spacial score (nSPS) is 11.0. The van der Waals surface area contributed by atoms with Crippen LogP contribution in [0.4, 0.5) is 5.69 Å². The summed E-state index contributed by atoms with van der Waals surface area (Å²) in [5, 5.41) is 0.766. The van der Waals surface area contributed by atoms with Gasteiger partial charge in [-0.3, -0.25) is 13.9 Å². The van der Waals surface area contributed by atoms with E-state index in [-0.39, 0.29) is 24.2 Å². The van der Waals surface area contributed by atoms with Gasteiger partial charge in [-0.05, 0) is 38.1 Å². The molecule has 1 heterocycles. The van der Waals surface area contributed by atoms with E-state index in [9.17, 15) is 9.59 Å². The standard InChI is InChI=1S/C22H23N3O2S/c1-4-14-23-19-13-9-8-12-18(19)21(28)24(22(23)27)15-20(26)25(16(2)3)17-10-6-5-7-11-17/h4-13,16H,1,14-15H2,2-3H3. The maximum absolute atomic E-state index is 13.2. The molecule has 0 spiro atoms. The molecule has 3 rings (SSSR count). The number of hydrogen-bond acceptors (Lipinski definition) is 3. The minimum Gasteiger partial charge on any atom is -0.308 e. The highest BCUT2D eigenvalue weighted by atomic mass is 32.1. The molecule has 6 heteroatoms. The van der Waals surface area contributed by atoms with Crippen molar-refractivity contribution in [3.05, 3.63) is 82.4 Å². The molecule has 0 fully saturated rings. The maximum atomic E-state index is 13.2. The molecule has 0 aliphatic heterocycles. The molecular weight excluding hydrogens is 370 g/mol. The van der Waals surface area contributed by atoms with Crippen LogP contribution in [-0.4, -0.2) is 21.1 Å². The molecule has 144 valence electrons. The van der Waals surface area contributed by atoms with Crippen molar-refractivity contribution in [1.82, 2.24) is 9.13 Å². The third kappa shape index (κ3) is 3.68. The van der Waals surface area contributed by atoms with Gasteiger partial charge in [0.25, 0.3) is 0 Å². The van der Waals surface area contributed by atoms with Crippen LogP contribution in [0.5, 0.6) is 0 Å². The van der Waals surface area contributed by atoms with E-state index in [4.69, 9.17) is 12.2 Å². The predicted molar refractivity (Wildman–Crippen MR) is 116 cm³/mol. The minimum absolute atomic E-state index is 0.0556. The van der Waals surface area contributed by atoms with Crippen LogP contribution in [-0.2, 0) is 17.9 Å². The lowest BCUT2D eigenvalue weighted by molar-refractivity contribution is -0.119. The molecular formula is C22H23N3O2S. The molecule has 0 saturated heterocycles. The van der Waals surface area contributed by atoms with Crippen molar-refractivity contribution in [3.63, 3.8) is 0 Å². The van der Waals surface area contributed by atoms with Gasteiger partial charge in [0, 0.05) is 23.7 Å². The lowest BCUT2D eigenvalue weighted by atomic mass is 10.2. The summed E-state index contributed by atoms with van der Waals surface area (Å²) in [5.41, 5.74) is 1.22. The lowest BCUT2D eigenvalue weighted by Crippen LogP contribution is -2.42. The molecule has 0 unspecified atom stereocenters. The van der Waals surface area contributed by atoms with Gasteiger partial charge in [-0.2, -0.15) is 0 Å². The Morgan fingerprint density at radius 3 is 2.39 bits per heavy atom. The largest absolute Gasteiger partial charge is 0.330 e. The molecule has 5 nitrogen and oxygen atoms in total. The number of hydrogen-bond donors (Lipinski definition) is 0. The van der Waals surface area contributed by atoms with Crippen LogP contribution in [0.2, 0.25) is 0 Å². The number of amides is 1. The molecule has 0 bridgehead atoms. The van der Waals surface area contributed by atoms with E-state index in [1.165, 1.54) is 4.57 Å². The Hall–Kier alpha value is -2.99. The highest BCUT2D eigenvalue weighted by Crippen LogP contribution is 2.18. The van der Waals surface area contributed by atoms with Crippen LogP contribution in [0.1, 0.15) is 13.8 Å². The van der Waals surface area contributed by atoms with Crippen LogP contribution in [0, 0.1) is 4.64 Å². The Morgan fingerprint density at radius 1 is 1.11 bits per heavy atom. The van der Waals surface area contributed by atoms with Gasteiger partial charge in [0.05, 0.1) is 5.52 Å². The van der Waals surface area contributed by atoms with Crippen molar-refractivity contribution in [1.29, 1.82) is 0 Å². The second-order valence-electron chi connectivity index (χ2n) is 6.78. The summed E-state index contributed by atoms with van der Waals surface area (Å²) in [7, 11) is 0. The topological polar surface area (TPSA) is 47.2 Å². The predicted octanol–water partition coefficient (Wildman–Crippen LogP) is 4.16. The number of carbonyl (C=O) groups is 1. The van der Waals surface area contributed by atoms with E-state index in [2.05, 4.69) is 6.58 Å². The van der Waals surface area contributed by atoms with E-state index in [1.807, 2.05) is 68.4 Å². The van der Waals surface area contributed by atoms with E-state index in [0.717, 1.165) is 16.6 Å². The summed E-state index contributed by atoms with van der Waals surface area (Å²) in [6.45, 7) is 7.85. The summed E-state index contributed by atoms with van der Waals surface area (Å²) in [5.74, 6) is -0.185. The Kier molecular flexibility index (Phi) is 5.90. The van der Waals surface area contributed by atoms with Gasteiger partial charge < -0.3 is 4.90 Å². The molecule has 2 aromatic carbocycles. The fraction of sp³-hybridized carbons (Fsp3) is 0.227. The fourth-order valence-corrected chi connectivity index (χ4v) is 3.66.